The number of ether oxygens (including phenoxy) is 2. The number of nitro groups is 1. The Bertz CT molecular complexity index is 466. The summed E-state index contributed by atoms with van der Waals surface area (Å²) < 4.78 is 10.5. The molecule has 0 aromatic rings. The summed E-state index contributed by atoms with van der Waals surface area (Å²) in [5, 5.41) is 10.5. The van der Waals surface area contributed by atoms with E-state index in [0.717, 1.165) is 12.8 Å². The fraction of sp³-hybridized carbons (Fsp3) is 0.706. The van der Waals surface area contributed by atoms with Gasteiger partial charge in [-0.25, -0.2) is 0 Å². The SMILES string of the molecule is COCCC/C(=C\C=C(C)C)CC1CCC(C[N+](=O)[O-])C(=O)O1. The van der Waals surface area contributed by atoms with Crippen LogP contribution in [-0.2, 0) is 14.3 Å². The minimum absolute atomic E-state index is 0.176. The van der Waals surface area contributed by atoms with Crippen molar-refractivity contribution in [2.75, 3.05) is 20.3 Å². The van der Waals surface area contributed by atoms with Crippen molar-refractivity contribution in [3.05, 3.63) is 33.4 Å². The molecule has 0 spiro atoms. The molecule has 1 aliphatic heterocycles. The van der Waals surface area contributed by atoms with E-state index in [-0.39, 0.29) is 12.6 Å². The van der Waals surface area contributed by atoms with E-state index in [2.05, 4.69) is 12.2 Å². The van der Waals surface area contributed by atoms with Gasteiger partial charge in [0.15, 0.2) is 0 Å². The zero-order valence-electron chi connectivity index (χ0n) is 14.2. The number of rotatable bonds is 9. The second kappa shape index (κ2) is 10.2. The number of nitrogens with zero attached hydrogens (tertiary/aromatic N) is 1. The van der Waals surface area contributed by atoms with Crippen molar-refractivity contribution < 1.29 is 19.2 Å². The first-order valence-corrected chi connectivity index (χ1v) is 8.06. The van der Waals surface area contributed by atoms with Crippen molar-refractivity contribution >= 4 is 5.97 Å². The first-order valence-electron chi connectivity index (χ1n) is 8.06. The minimum atomic E-state index is -0.597. The Hall–Kier alpha value is -1.69. The van der Waals surface area contributed by atoms with E-state index in [1.54, 1.807) is 7.11 Å². The minimum Gasteiger partial charge on any atom is -0.462 e. The first-order chi connectivity index (χ1) is 10.9. The Morgan fingerprint density at radius 3 is 2.70 bits per heavy atom. The van der Waals surface area contributed by atoms with E-state index in [0.29, 0.717) is 25.9 Å². The number of methoxy groups -OCH3 is 1. The molecular weight excluding hydrogens is 298 g/mol. The fourth-order valence-electron chi connectivity index (χ4n) is 2.59. The maximum Gasteiger partial charge on any atom is 0.315 e. The van der Waals surface area contributed by atoms with Gasteiger partial charge in [-0.2, -0.15) is 0 Å². The molecule has 1 aliphatic rings. The van der Waals surface area contributed by atoms with Gasteiger partial charge < -0.3 is 9.47 Å². The third-order valence-electron chi connectivity index (χ3n) is 3.81. The van der Waals surface area contributed by atoms with Crippen LogP contribution in [-0.4, -0.2) is 37.3 Å². The van der Waals surface area contributed by atoms with Crippen LogP contribution < -0.4 is 0 Å². The van der Waals surface area contributed by atoms with Gasteiger partial charge in [0.2, 0.25) is 6.54 Å². The van der Waals surface area contributed by atoms with Gasteiger partial charge in [0.1, 0.15) is 12.0 Å². The Kier molecular flexibility index (Phi) is 8.55. The number of hydrogen-bond donors (Lipinski definition) is 0. The van der Waals surface area contributed by atoms with Crippen LogP contribution in [0.15, 0.2) is 23.3 Å². The highest BCUT2D eigenvalue weighted by atomic mass is 16.6. The van der Waals surface area contributed by atoms with E-state index >= 15 is 0 Å². The summed E-state index contributed by atoms with van der Waals surface area (Å²) >= 11 is 0. The molecule has 0 aromatic heterocycles. The monoisotopic (exact) mass is 325 g/mol. The Balaban J connectivity index is 2.59. The number of carbonyl (C=O) groups is 1. The van der Waals surface area contributed by atoms with Crippen molar-refractivity contribution in [3.63, 3.8) is 0 Å². The van der Waals surface area contributed by atoms with E-state index in [1.807, 2.05) is 13.8 Å². The molecule has 0 bridgehead atoms. The third-order valence-corrected chi connectivity index (χ3v) is 3.81. The highest BCUT2D eigenvalue weighted by molar-refractivity contribution is 5.73. The largest absolute Gasteiger partial charge is 0.462 e. The second-order valence-electron chi connectivity index (χ2n) is 6.22. The molecular formula is C17H27NO5. The van der Waals surface area contributed by atoms with E-state index in [1.165, 1.54) is 11.1 Å². The van der Waals surface area contributed by atoms with Crippen LogP contribution in [0.25, 0.3) is 0 Å². The summed E-state index contributed by atoms with van der Waals surface area (Å²) in [4.78, 5) is 22.0. The molecule has 0 saturated carbocycles. The summed E-state index contributed by atoms with van der Waals surface area (Å²) in [5.74, 6) is -1.03. The van der Waals surface area contributed by atoms with E-state index in [4.69, 9.17) is 9.47 Å². The molecule has 1 heterocycles. The highest BCUT2D eigenvalue weighted by Crippen LogP contribution is 2.26. The van der Waals surface area contributed by atoms with Gasteiger partial charge in [-0.05, 0) is 39.5 Å². The van der Waals surface area contributed by atoms with Crippen molar-refractivity contribution in [2.24, 2.45) is 5.92 Å². The summed E-state index contributed by atoms with van der Waals surface area (Å²) in [5.41, 5.74) is 2.43. The predicted octanol–water partition coefficient (Wildman–Crippen LogP) is 3.29. The summed E-state index contributed by atoms with van der Waals surface area (Å²) in [6.45, 7) is 4.43. The van der Waals surface area contributed by atoms with Crippen LogP contribution >= 0.6 is 0 Å². The van der Waals surface area contributed by atoms with E-state index in [9.17, 15) is 14.9 Å². The molecule has 130 valence electrons. The Morgan fingerprint density at radius 2 is 2.13 bits per heavy atom. The van der Waals surface area contributed by atoms with Crippen molar-refractivity contribution in [1.29, 1.82) is 0 Å². The van der Waals surface area contributed by atoms with Crippen LogP contribution in [0.4, 0.5) is 0 Å². The molecule has 6 heteroatoms. The number of allylic oxidation sites excluding steroid dienone is 3. The average Bonchev–Trinajstić information content (AvgIpc) is 2.47. The summed E-state index contributed by atoms with van der Waals surface area (Å²) in [6.07, 6.45) is 7.67. The molecule has 0 aliphatic carbocycles. The standard InChI is InChI=1S/C17H27NO5/c1-13(2)6-7-14(5-4-10-22-3)11-16-9-8-15(12-18(20)21)17(19)23-16/h6-7,15-16H,4-5,8-12H2,1-3H3/b14-7+. The van der Waals surface area contributed by atoms with Crippen molar-refractivity contribution in [2.45, 2.75) is 52.1 Å². The third kappa shape index (κ3) is 7.93. The smallest absolute Gasteiger partial charge is 0.315 e. The molecule has 1 fully saturated rings. The topological polar surface area (TPSA) is 78.7 Å². The van der Waals surface area contributed by atoms with Gasteiger partial charge in [0, 0.05) is 25.1 Å². The zero-order valence-corrected chi connectivity index (χ0v) is 14.2. The highest BCUT2D eigenvalue weighted by Gasteiger charge is 2.33. The van der Waals surface area contributed by atoms with Crippen LogP contribution in [0.1, 0.15) is 46.0 Å². The normalized spacial score (nSPS) is 21.7. The van der Waals surface area contributed by atoms with Crippen LogP contribution in [0.3, 0.4) is 0 Å². The quantitative estimate of drug-likeness (QED) is 0.214. The lowest BCUT2D eigenvalue weighted by atomic mass is 9.93. The molecule has 2 unspecified atom stereocenters. The van der Waals surface area contributed by atoms with Gasteiger partial charge in [0.05, 0.1) is 0 Å². The molecule has 6 nitrogen and oxygen atoms in total. The van der Waals surface area contributed by atoms with Crippen molar-refractivity contribution in [1.82, 2.24) is 0 Å². The number of esters is 1. The number of cyclic esters (lactones) is 1. The predicted molar refractivity (Wildman–Crippen MR) is 87.7 cm³/mol. The van der Waals surface area contributed by atoms with Gasteiger partial charge in [0.25, 0.3) is 0 Å². The Morgan fingerprint density at radius 1 is 1.39 bits per heavy atom. The van der Waals surface area contributed by atoms with Crippen LogP contribution in [0.2, 0.25) is 0 Å². The molecule has 0 amide bonds. The second-order valence-corrected chi connectivity index (χ2v) is 6.22. The van der Waals surface area contributed by atoms with Gasteiger partial charge >= 0.3 is 5.97 Å². The summed E-state index contributed by atoms with van der Waals surface area (Å²) in [7, 11) is 1.68. The lowest BCUT2D eigenvalue weighted by molar-refractivity contribution is -0.486. The molecule has 1 rings (SSSR count). The fourth-order valence-corrected chi connectivity index (χ4v) is 2.59. The molecule has 1 saturated heterocycles. The molecule has 23 heavy (non-hydrogen) atoms. The molecule has 0 N–H and O–H groups in total. The van der Waals surface area contributed by atoms with Crippen LogP contribution in [0.5, 0.6) is 0 Å². The lowest BCUT2D eigenvalue weighted by Gasteiger charge is -2.27. The zero-order chi connectivity index (χ0) is 17.2. The molecule has 2 atom stereocenters. The first kappa shape index (κ1) is 19.4. The number of hydrogen-bond acceptors (Lipinski definition) is 5. The van der Waals surface area contributed by atoms with Gasteiger partial charge in [-0.1, -0.05) is 23.3 Å². The van der Waals surface area contributed by atoms with E-state index < -0.39 is 16.8 Å². The van der Waals surface area contributed by atoms with Gasteiger partial charge in [-0.15, -0.1) is 0 Å². The van der Waals surface area contributed by atoms with Crippen molar-refractivity contribution in [3.8, 4) is 0 Å². The lowest BCUT2D eigenvalue weighted by Crippen LogP contribution is -2.35. The molecule has 0 aromatic carbocycles. The van der Waals surface area contributed by atoms with Crippen LogP contribution in [0, 0.1) is 16.0 Å². The van der Waals surface area contributed by atoms with Gasteiger partial charge in [-0.3, -0.25) is 14.9 Å². The maximum absolute atomic E-state index is 11.9. The summed E-state index contributed by atoms with van der Waals surface area (Å²) in [6, 6.07) is 0. The average molecular weight is 325 g/mol. The maximum atomic E-state index is 11.9. The number of carbonyl (C=O) groups excluding carboxylic acids is 1. The Labute approximate surface area is 137 Å². The molecule has 0 radical (unpaired) electrons.